The number of nitrogen functional groups attached to an aromatic ring is 1. The molecule has 0 aliphatic rings. The maximum Gasteiger partial charge on any atom is 0.168 e. The smallest absolute Gasteiger partial charge is 0.168 e. The fourth-order valence-corrected chi connectivity index (χ4v) is 1.48. The third-order valence-corrected chi connectivity index (χ3v) is 2.48. The Kier molecular flexibility index (Phi) is 3.59. The highest BCUT2D eigenvalue weighted by Crippen LogP contribution is 2.24. The van der Waals surface area contributed by atoms with E-state index in [0.717, 1.165) is 18.2 Å². The summed E-state index contributed by atoms with van der Waals surface area (Å²) in [5, 5.41) is 0. The van der Waals surface area contributed by atoms with Crippen molar-refractivity contribution in [1.29, 1.82) is 0 Å². The lowest BCUT2D eigenvalue weighted by Crippen LogP contribution is -2.04. The summed E-state index contributed by atoms with van der Waals surface area (Å²) < 4.78 is 57.8. The maximum absolute atomic E-state index is 13.3. The maximum atomic E-state index is 13.3. The monoisotopic (exact) mass is 271 g/mol. The molecule has 2 aromatic carbocycles. The van der Waals surface area contributed by atoms with Gasteiger partial charge in [-0.05, 0) is 12.1 Å². The summed E-state index contributed by atoms with van der Waals surface area (Å²) in [5.74, 6) is -3.92. The molecule has 0 spiro atoms. The Balaban J connectivity index is 2.22. The van der Waals surface area contributed by atoms with E-state index in [1.54, 1.807) is 0 Å². The zero-order valence-corrected chi connectivity index (χ0v) is 9.59. The number of rotatable bonds is 3. The van der Waals surface area contributed by atoms with Crippen LogP contribution in [0, 0.1) is 23.3 Å². The molecule has 0 fully saturated rings. The molecule has 0 saturated carbocycles. The van der Waals surface area contributed by atoms with Crippen LogP contribution in [0.3, 0.4) is 0 Å². The van der Waals surface area contributed by atoms with Gasteiger partial charge in [0.15, 0.2) is 11.6 Å². The van der Waals surface area contributed by atoms with Crippen LogP contribution in [0.1, 0.15) is 5.56 Å². The van der Waals surface area contributed by atoms with E-state index in [0.29, 0.717) is 6.07 Å². The predicted molar refractivity (Wildman–Crippen MR) is 61.5 cm³/mol. The Bertz CT molecular complexity index is 596. The molecule has 0 amide bonds. The predicted octanol–water partition coefficient (Wildman–Crippen LogP) is 3.40. The lowest BCUT2D eigenvalue weighted by Gasteiger charge is -2.10. The number of halogens is 4. The minimum absolute atomic E-state index is 0.314. The SMILES string of the molecule is Nc1cc(OCc2c(F)cccc2F)c(F)cc1F. The van der Waals surface area contributed by atoms with Gasteiger partial charge in [-0.3, -0.25) is 0 Å². The quantitative estimate of drug-likeness (QED) is 0.686. The van der Waals surface area contributed by atoms with Gasteiger partial charge in [0.25, 0.3) is 0 Å². The molecule has 2 nitrogen and oxygen atoms in total. The highest BCUT2D eigenvalue weighted by atomic mass is 19.1. The van der Waals surface area contributed by atoms with E-state index in [2.05, 4.69) is 0 Å². The van der Waals surface area contributed by atoms with Crippen molar-refractivity contribution >= 4 is 5.69 Å². The Morgan fingerprint density at radius 1 is 0.895 bits per heavy atom. The Labute approximate surface area is 106 Å². The molecule has 0 aromatic heterocycles. The van der Waals surface area contributed by atoms with E-state index in [-0.39, 0.29) is 17.0 Å². The van der Waals surface area contributed by atoms with E-state index in [4.69, 9.17) is 10.5 Å². The van der Waals surface area contributed by atoms with Crippen LogP contribution < -0.4 is 10.5 Å². The third kappa shape index (κ3) is 2.78. The first-order chi connectivity index (χ1) is 8.99. The van der Waals surface area contributed by atoms with E-state index in [1.165, 1.54) is 6.07 Å². The van der Waals surface area contributed by atoms with E-state index in [9.17, 15) is 17.6 Å². The second kappa shape index (κ2) is 5.17. The van der Waals surface area contributed by atoms with Crippen LogP contribution in [0.15, 0.2) is 30.3 Å². The van der Waals surface area contributed by atoms with Gasteiger partial charge < -0.3 is 10.5 Å². The molecule has 100 valence electrons. The van der Waals surface area contributed by atoms with Gasteiger partial charge in [0.05, 0.1) is 11.3 Å². The van der Waals surface area contributed by atoms with Crippen LogP contribution in [0.5, 0.6) is 5.75 Å². The molecule has 0 heterocycles. The van der Waals surface area contributed by atoms with E-state index >= 15 is 0 Å². The van der Waals surface area contributed by atoms with Gasteiger partial charge in [0, 0.05) is 12.1 Å². The zero-order chi connectivity index (χ0) is 14.0. The van der Waals surface area contributed by atoms with Crippen molar-refractivity contribution in [3.8, 4) is 5.75 Å². The molecule has 0 unspecified atom stereocenters. The second-order valence-electron chi connectivity index (χ2n) is 3.79. The Morgan fingerprint density at radius 3 is 2.16 bits per heavy atom. The fourth-order valence-electron chi connectivity index (χ4n) is 1.48. The number of benzene rings is 2. The zero-order valence-electron chi connectivity index (χ0n) is 9.59. The summed E-state index contributed by atoms with van der Waals surface area (Å²) in [4.78, 5) is 0. The second-order valence-corrected chi connectivity index (χ2v) is 3.79. The molecule has 2 N–H and O–H groups in total. The van der Waals surface area contributed by atoms with Crippen LogP contribution in [-0.4, -0.2) is 0 Å². The number of nitrogens with two attached hydrogens (primary N) is 1. The van der Waals surface area contributed by atoms with Gasteiger partial charge in [0.2, 0.25) is 0 Å². The van der Waals surface area contributed by atoms with Crippen molar-refractivity contribution < 1.29 is 22.3 Å². The molecule has 0 saturated heterocycles. The van der Waals surface area contributed by atoms with Crippen LogP contribution >= 0.6 is 0 Å². The number of anilines is 1. The van der Waals surface area contributed by atoms with Crippen LogP contribution in [-0.2, 0) is 6.61 Å². The van der Waals surface area contributed by atoms with E-state index < -0.39 is 29.9 Å². The van der Waals surface area contributed by atoms with Gasteiger partial charge in [-0.25, -0.2) is 17.6 Å². The topological polar surface area (TPSA) is 35.2 Å². The highest BCUT2D eigenvalue weighted by molar-refractivity contribution is 5.46. The molecule has 19 heavy (non-hydrogen) atoms. The van der Waals surface area contributed by atoms with Crippen molar-refractivity contribution in [1.82, 2.24) is 0 Å². The van der Waals surface area contributed by atoms with Gasteiger partial charge in [-0.1, -0.05) is 6.07 Å². The first-order valence-corrected chi connectivity index (χ1v) is 5.29. The minimum Gasteiger partial charge on any atom is -0.486 e. The third-order valence-electron chi connectivity index (χ3n) is 2.48. The number of ether oxygens (including phenoxy) is 1. The average Bonchev–Trinajstić information content (AvgIpc) is 2.34. The summed E-state index contributed by atoms with van der Waals surface area (Å²) >= 11 is 0. The van der Waals surface area contributed by atoms with Crippen molar-refractivity contribution in [2.75, 3.05) is 5.73 Å². The minimum atomic E-state index is -0.997. The summed E-state index contributed by atoms with van der Waals surface area (Å²) in [5.41, 5.74) is 4.59. The van der Waals surface area contributed by atoms with Crippen molar-refractivity contribution in [2.45, 2.75) is 6.61 Å². The Hall–Kier alpha value is -2.24. The molecule has 0 radical (unpaired) electrons. The largest absolute Gasteiger partial charge is 0.486 e. The Morgan fingerprint density at radius 2 is 1.53 bits per heavy atom. The molecule has 2 aromatic rings. The lowest BCUT2D eigenvalue weighted by atomic mass is 10.2. The molecule has 0 atom stereocenters. The molecule has 0 bridgehead atoms. The number of hydrogen-bond donors (Lipinski definition) is 1. The molecule has 0 aliphatic carbocycles. The van der Waals surface area contributed by atoms with Crippen molar-refractivity contribution in [3.05, 3.63) is 59.2 Å². The molecular formula is C13H9F4NO. The average molecular weight is 271 g/mol. The lowest BCUT2D eigenvalue weighted by molar-refractivity contribution is 0.278. The van der Waals surface area contributed by atoms with Crippen molar-refractivity contribution in [2.24, 2.45) is 0 Å². The van der Waals surface area contributed by atoms with Gasteiger partial charge >= 0.3 is 0 Å². The standard InChI is InChI=1S/C13H9F4NO/c14-8-2-1-3-9(15)7(8)6-19-13-5-12(18)10(16)4-11(13)17/h1-5H,6,18H2. The summed E-state index contributed by atoms with van der Waals surface area (Å²) in [6.07, 6.45) is 0. The van der Waals surface area contributed by atoms with Gasteiger partial charge in [0.1, 0.15) is 24.1 Å². The normalized spacial score (nSPS) is 10.5. The molecular weight excluding hydrogens is 262 g/mol. The van der Waals surface area contributed by atoms with Gasteiger partial charge in [-0.2, -0.15) is 0 Å². The van der Waals surface area contributed by atoms with Crippen molar-refractivity contribution in [3.63, 3.8) is 0 Å². The van der Waals surface area contributed by atoms with E-state index in [1.807, 2.05) is 0 Å². The first-order valence-electron chi connectivity index (χ1n) is 5.29. The summed E-state index contributed by atoms with van der Waals surface area (Å²) in [7, 11) is 0. The van der Waals surface area contributed by atoms with Gasteiger partial charge in [-0.15, -0.1) is 0 Å². The summed E-state index contributed by atoms with van der Waals surface area (Å²) in [6, 6.07) is 4.77. The molecule has 0 aliphatic heterocycles. The van der Waals surface area contributed by atoms with Crippen LogP contribution in [0.25, 0.3) is 0 Å². The highest BCUT2D eigenvalue weighted by Gasteiger charge is 2.12. The van der Waals surface area contributed by atoms with Crippen LogP contribution in [0.2, 0.25) is 0 Å². The molecule has 6 heteroatoms. The summed E-state index contributed by atoms with van der Waals surface area (Å²) in [6.45, 7) is -0.527. The first kappa shape index (κ1) is 13.2. The fraction of sp³-hybridized carbons (Fsp3) is 0.0769. The number of hydrogen-bond acceptors (Lipinski definition) is 2. The molecule has 2 rings (SSSR count). The van der Waals surface area contributed by atoms with Crippen LogP contribution in [0.4, 0.5) is 23.2 Å².